The van der Waals surface area contributed by atoms with Crippen LogP contribution in [0.25, 0.3) is 5.65 Å². The summed E-state index contributed by atoms with van der Waals surface area (Å²) in [5.74, 6) is 2.19. The molecule has 0 bridgehead atoms. The smallest absolute Gasteiger partial charge is 0.266 e. The molecule has 130 valence electrons. The molecule has 1 aliphatic heterocycles. The number of aromatic nitrogens is 6. The van der Waals surface area contributed by atoms with Crippen LogP contribution in [0.4, 0.5) is 5.82 Å². The van der Waals surface area contributed by atoms with Crippen molar-refractivity contribution in [3.8, 4) is 0 Å². The van der Waals surface area contributed by atoms with E-state index >= 15 is 0 Å². The molecular weight excluding hydrogens is 318 g/mol. The van der Waals surface area contributed by atoms with Crippen molar-refractivity contribution in [2.24, 2.45) is 5.92 Å². The third-order valence-corrected chi connectivity index (χ3v) is 4.77. The van der Waals surface area contributed by atoms with E-state index < -0.39 is 0 Å². The Bertz CT molecular complexity index is 953. The average molecular weight is 339 g/mol. The molecule has 0 aromatic carbocycles. The minimum absolute atomic E-state index is 0.0248. The van der Waals surface area contributed by atoms with Gasteiger partial charge in [-0.2, -0.15) is 9.61 Å². The summed E-state index contributed by atoms with van der Waals surface area (Å²) in [5, 5.41) is 17.1. The van der Waals surface area contributed by atoms with Crippen molar-refractivity contribution in [2.45, 2.75) is 33.2 Å². The Balaban J connectivity index is 1.44. The summed E-state index contributed by atoms with van der Waals surface area (Å²) in [7, 11) is 0. The highest BCUT2D eigenvalue weighted by atomic mass is 16.1. The molecule has 8 heteroatoms. The zero-order chi connectivity index (χ0) is 17.4. The number of hydrogen-bond donors (Lipinski definition) is 0. The van der Waals surface area contributed by atoms with Crippen LogP contribution in [0, 0.1) is 19.8 Å². The first-order chi connectivity index (χ1) is 12.1. The van der Waals surface area contributed by atoms with E-state index in [4.69, 9.17) is 0 Å². The van der Waals surface area contributed by atoms with Gasteiger partial charge in [0.25, 0.3) is 5.56 Å². The fourth-order valence-electron chi connectivity index (χ4n) is 3.33. The molecule has 0 unspecified atom stereocenters. The number of rotatable bonds is 3. The second kappa shape index (κ2) is 6.27. The molecule has 0 aliphatic carbocycles. The highest BCUT2D eigenvalue weighted by Crippen LogP contribution is 2.22. The molecule has 0 saturated carbocycles. The summed E-state index contributed by atoms with van der Waals surface area (Å²) < 4.78 is 3.37. The predicted molar refractivity (Wildman–Crippen MR) is 93.7 cm³/mol. The van der Waals surface area contributed by atoms with Crippen LogP contribution in [0.1, 0.15) is 24.4 Å². The van der Waals surface area contributed by atoms with Crippen LogP contribution in [0.15, 0.2) is 29.1 Å². The maximum absolute atomic E-state index is 11.9. The summed E-state index contributed by atoms with van der Waals surface area (Å²) >= 11 is 0. The molecule has 8 nitrogen and oxygen atoms in total. The first-order valence-corrected chi connectivity index (χ1v) is 8.59. The predicted octanol–water partition coefficient (Wildman–Crippen LogP) is 1.21. The zero-order valence-corrected chi connectivity index (χ0v) is 14.5. The molecule has 1 fully saturated rings. The summed E-state index contributed by atoms with van der Waals surface area (Å²) in [5.41, 5.74) is 1.61. The van der Waals surface area contributed by atoms with Gasteiger partial charge in [-0.25, -0.2) is 4.68 Å². The molecule has 25 heavy (non-hydrogen) atoms. The Morgan fingerprint density at radius 2 is 1.84 bits per heavy atom. The number of aryl methyl sites for hydroxylation is 2. The fourth-order valence-corrected chi connectivity index (χ4v) is 3.33. The van der Waals surface area contributed by atoms with Gasteiger partial charge in [-0.05, 0) is 50.8 Å². The second-order valence-electron chi connectivity index (χ2n) is 6.63. The molecule has 1 aliphatic rings. The molecule has 0 spiro atoms. The molecule has 1 saturated heterocycles. The number of hydrogen-bond acceptors (Lipinski definition) is 6. The lowest BCUT2D eigenvalue weighted by Crippen LogP contribution is -2.37. The SMILES string of the molecule is Cc1ccc(=O)n(CC2CCN(c3ccc4nnc(C)n4n3)CC2)n1. The van der Waals surface area contributed by atoms with Crippen molar-refractivity contribution in [1.82, 2.24) is 29.6 Å². The molecule has 0 amide bonds. The summed E-state index contributed by atoms with van der Waals surface area (Å²) in [6.07, 6.45) is 2.03. The standard InChI is InChI=1S/C17H21N7O/c1-12-3-6-17(25)23(20-12)11-14-7-9-22(10-8-14)16-5-4-15-19-18-13(2)24(15)21-16/h3-6,14H,7-11H2,1-2H3. The van der Waals surface area contributed by atoms with Crippen LogP contribution in [-0.4, -0.2) is 42.7 Å². The quantitative estimate of drug-likeness (QED) is 0.713. The molecule has 3 aromatic rings. The first kappa shape index (κ1) is 15.7. The molecule has 3 aromatic heterocycles. The topological polar surface area (TPSA) is 81.2 Å². The van der Waals surface area contributed by atoms with Gasteiger partial charge >= 0.3 is 0 Å². The second-order valence-corrected chi connectivity index (χ2v) is 6.63. The van der Waals surface area contributed by atoms with Crippen LogP contribution in [0.3, 0.4) is 0 Å². The lowest BCUT2D eigenvalue weighted by Gasteiger charge is -2.32. The van der Waals surface area contributed by atoms with Gasteiger partial charge in [0.05, 0.1) is 5.69 Å². The Labute approximate surface area is 145 Å². The Morgan fingerprint density at radius 3 is 2.64 bits per heavy atom. The zero-order valence-electron chi connectivity index (χ0n) is 14.5. The van der Waals surface area contributed by atoms with Gasteiger partial charge in [-0.3, -0.25) is 4.79 Å². The molecule has 0 atom stereocenters. The molecular formula is C17H21N7O. The molecule has 0 radical (unpaired) electrons. The maximum Gasteiger partial charge on any atom is 0.266 e. The largest absolute Gasteiger partial charge is 0.355 e. The van der Waals surface area contributed by atoms with E-state index in [1.54, 1.807) is 21.3 Å². The fraction of sp³-hybridized carbons (Fsp3) is 0.471. The van der Waals surface area contributed by atoms with Gasteiger partial charge in [0.1, 0.15) is 5.82 Å². The van der Waals surface area contributed by atoms with Gasteiger partial charge in [0, 0.05) is 25.7 Å². The van der Waals surface area contributed by atoms with Gasteiger partial charge < -0.3 is 4.90 Å². The number of nitrogens with zero attached hydrogens (tertiary/aromatic N) is 7. The van der Waals surface area contributed by atoms with E-state index in [1.807, 2.05) is 26.0 Å². The van der Waals surface area contributed by atoms with Crippen molar-refractivity contribution in [2.75, 3.05) is 18.0 Å². The number of anilines is 1. The Morgan fingerprint density at radius 1 is 1.04 bits per heavy atom. The van der Waals surface area contributed by atoms with E-state index in [0.717, 1.165) is 48.9 Å². The van der Waals surface area contributed by atoms with E-state index in [0.29, 0.717) is 12.5 Å². The third-order valence-electron chi connectivity index (χ3n) is 4.77. The maximum atomic E-state index is 11.9. The molecule has 0 N–H and O–H groups in total. The van der Waals surface area contributed by atoms with Crippen molar-refractivity contribution in [1.29, 1.82) is 0 Å². The van der Waals surface area contributed by atoms with Crippen LogP contribution in [-0.2, 0) is 6.54 Å². The van der Waals surface area contributed by atoms with Crippen molar-refractivity contribution in [3.63, 3.8) is 0 Å². The Kier molecular flexibility index (Phi) is 3.95. The number of piperidine rings is 1. The minimum Gasteiger partial charge on any atom is -0.355 e. The van der Waals surface area contributed by atoms with Crippen molar-refractivity contribution in [3.05, 3.63) is 46.1 Å². The first-order valence-electron chi connectivity index (χ1n) is 8.59. The number of fused-ring (bicyclic) bond motifs is 1. The monoisotopic (exact) mass is 339 g/mol. The van der Waals surface area contributed by atoms with Crippen LogP contribution in [0.2, 0.25) is 0 Å². The van der Waals surface area contributed by atoms with Gasteiger partial charge in [-0.1, -0.05) is 0 Å². The van der Waals surface area contributed by atoms with Gasteiger partial charge in [-0.15, -0.1) is 15.3 Å². The highest BCUT2D eigenvalue weighted by molar-refractivity contribution is 5.45. The normalized spacial score (nSPS) is 15.8. The summed E-state index contributed by atoms with van der Waals surface area (Å²) in [6, 6.07) is 7.30. The molecule has 4 heterocycles. The minimum atomic E-state index is -0.0248. The highest BCUT2D eigenvalue weighted by Gasteiger charge is 2.21. The average Bonchev–Trinajstić information content (AvgIpc) is 2.99. The van der Waals surface area contributed by atoms with E-state index in [-0.39, 0.29) is 5.56 Å². The van der Waals surface area contributed by atoms with Crippen LogP contribution < -0.4 is 10.5 Å². The van der Waals surface area contributed by atoms with Gasteiger partial charge in [0.15, 0.2) is 11.5 Å². The third kappa shape index (κ3) is 3.11. The van der Waals surface area contributed by atoms with Crippen molar-refractivity contribution >= 4 is 11.5 Å². The molecule has 4 rings (SSSR count). The van der Waals surface area contributed by atoms with Crippen LogP contribution >= 0.6 is 0 Å². The van der Waals surface area contributed by atoms with Crippen LogP contribution in [0.5, 0.6) is 0 Å². The summed E-state index contributed by atoms with van der Waals surface area (Å²) in [6.45, 7) is 6.34. The van der Waals surface area contributed by atoms with Gasteiger partial charge in [0.2, 0.25) is 0 Å². The van der Waals surface area contributed by atoms with E-state index in [2.05, 4.69) is 25.3 Å². The van der Waals surface area contributed by atoms with E-state index in [1.165, 1.54) is 0 Å². The Hall–Kier alpha value is -2.77. The van der Waals surface area contributed by atoms with E-state index in [9.17, 15) is 4.79 Å². The van der Waals surface area contributed by atoms with Crippen molar-refractivity contribution < 1.29 is 0 Å². The summed E-state index contributed by atoms with van der Waals surface area (Å²) in [4.78, 5) is 14.2. The lowest BCUT2D eigenvalue weighted by molar-refractivity contribution is 0.333. The lowest BCUT2D eigenvalue weighted by atomic mass is 9.97.